The van der Waals surface area contributed by atoms with Gasteiger partial charge in [0.25, 0.3) is 0 Å². The third-order valence-electron chi connectivity index (χ3n) is 6.85. The van der Waals surface area contributed by atoms with E-state index in [1.807, 2.05) is 26.2 Å². The Kier molecular flexibility index (Phi) is 11.2. The first-order chi connectivity index (χ1) is 15.5. The van der Waals surface area contributed by atoms with Crippen molar-refractivity contribution in [3.8, 4) is 5.75 Å². The number of benzene rings is 1. The molecule has 3 rings (SSSR count). The molecule has 1 aromatic carbocycles. The van der Waals surface area contributed by atoms with Gasteiger partial charge in [0, 0.05) is 32.7 Å². The standard InChI is InChI=1S/C25H41N5O2.HI/c1-5-26-24(28-19-25(14-8-9-15-25)23(31)29(2)3)27-18-21(30-16-10-11-17-30)20-12-6-7-13-22(20)32-4;/h6-7,12-13,21H,5,8-11,14-19H2,1-4H3,(H2,26,27,28);1H. The summed E-state index contributed by atoms with van der Waals surface area (Å²) in [7, 11) is 5.44. The van der Waals surface area contributed by atoms with Gasteiger partial charge in [0.1, 0.15) is 5.75 Å². The predicted molar refractivity (Wildman–Crippen MR) is 146 cm³/mol. The number of rotatable bonds is 9. The number of halogens is 1. The van der Waals surface area contributed by atoms with E-state index in [1.54, 1.807) is 12.0 Å². The van der Waals surface area contributed by atoms with Crippen LogP contribution in [0.4, 0.5) is 0 Å². The molecule has 1 saturated carbocycles. The molecule has 1 heterocycles. The van der Waals surface area contributed by atoms with Crippen molar-refractivity contribution >= 4 is 35.8 Å². The van der Waals surface area contributed by atoms with Crippen molar-refractivity contribution in [1.29, 1.82) is 0 Å². The zero-order valence-corrected chi connectivity index (χ0v) is 23.1. The Labute approximate surface area is 216 Å². The molecule has 33 heavy (non-hydrogen) atoms. The van der Waals surface area contributed by atoms with Crippen molar-refractivity contribution < 1.29 is 9.53 Å². The first-order valence-corrected chi connectivity index (χ1v) is 12.1. The number of carbonyl (C=O) groups excluding carboxylic acids is 1. The molecule has 1 aliphatic carbocycles. The van der Waals surface area contributed by atoms with Crippen LogP contribution in [0.3, 0.4) is 0 Å². The lowest BCUT2D eigenvalue weighted by Gasteiger charge is -2.31. The summed E-state index contributed by atoms with van der Waals surface area (Å²) in [6.45, 7) is 6.31. The molecule has 2 N–H and O–H groups in total. The molecule has 186 valence electrons. The number of hydrogen-bond donors (Lipinski definition) is 2. The van der Waals surface area contributed by atoms with Gasteiger partial charge in [-0.3, -0.25) is 14.7 Å². The van der Waals surface area contributed by atoms with E-state index >= 15 is 0 Å². The summed E-state index contributed by atoms with van der Waals surface area (Å²) >= 11 is 0. The highest BCUT2D eigenvalue weighted by Gasteiger charge is 2.42. The highest BCUT2D eigenvalue weighted by atomic mass is 127. The smallest absolute Gasteiger partial charge is 0.230 e. The van der Waals surface area contributed by atoms with Gasteiger partial charge in [-0.1, -0.05) is 31.0 Å². The summed E-state index contributed by atoms with van der Waals surface area (Å²) in [5.74, 6) is 1.91. The van der Waals surface area contributed by atoms with Gasteiger partial charge in [0.2, 0.25) is 5.91 Å². The first-order valence-electron chi connectivity index (χ1n) is 12.1. The second kappa shape index (κ2) is 13.4. The maximum absolute atomic E-state index is 12.9. The van der Waals surface area contributed by atoms with Gasteiger partial charge in [0.15, 0.2) is 5.96 Å². The first kappa shape index (κ1) is 27.7. The Morgan fingerprint density at radius 3 is 2.42 bits per heavy atom. The molecule has 1 aromatic rings. The SMILES string of the molecule is CCNC(=NCC1(C(=O)N(C)C)CCCC1)NCC(c1ccccc1OC)N1CCCC1.I. The van der Waals surface area contributed by atoms with Crippen LogP contribution in [0.5, 0.6) is 5.75 Å². The minimum Gasteiger partial charge on any atom is -0.496 e. The molecule has 1 saturated heterocycles. The van der Waals surface area contributed by atoms with Crippen molar-refractivity contribution in [2.75, 3.05) is 53.9 Å². The average Bonchev–Trinajstić information content (AvgIpc) is 3.50. The van der Waals surface area contributed by atoms with Gasteiger partial charge in [-0.15, -0.1) is 24.0 Å². The number of likely N-dealkylation sites (tertiary alicyclic amines) is 1. The van der Waals surface area contributed by atoms with Crippen LogP contribution >= 0.6 is 24.0 Å². The highest BCUT2D eigenvalue weighted by molar-refractivity contribution is 14.0. The molecule has 1 unspecified atom stereocenters. The van der Waals surface area contributed by atoms with E-state index in [2.05, 4.69) is 34.6 Å². The molecular weight excluding hydrogens is 529 g/mol. The van der Waals surface area contributed by atoms with Crippen LogP contribution in [0.15, 0.2) is 29.3 Å². The van der Waals surface area contributed by atoms with Crippen LogP contribution in [0.1, 0.15) is 57.1 Å². The molecule has 0 spiro atoms. The van der Waals surface area contributed by atoms with Gasteiger partial charge in [-0.2, -0.15) is 0 Å². The topological polar surface area (TPSA) is 69.2 Å². The number of hydrogen-bond acceptors (Lipinski definition) is 4. The zero-order chi connectivity index (χ0) is 23.0. The number of aliphatic imine (C=N–C) groups is 1. The molecule has 1 atom stereocenters. The summed E-state index contributed by atoms with van der Waals surface area (Å²) in [4.78, 5) is 22.1. The molecule has 8 heteroatoms. The van der Waals surface area contributed by atoms with Gasteiger partial charge in [0.05, 0.1) is 25.1 Å². The lowest BCUT2D eigenvalue weighted by Crippen LogP contribution is -2.45. The van der Waals surface area contributed by atoms with E-state index in [0.717, 1.165) is 63.6 Å². The normalized spacial score (nSPS) is 19.0. The quantitative estimate of drug-likeness (QED) is 0.269. The van der Waals surface area contributed by atoms with E-state index in [4.69, 9.17) is 9.73 Å². The monoisotopic (exact) mass is 571 g/mol. The van der Waals surface area contributed by atoms with Gasteiger partial charge in [-0.05, 0) is 51.8 Å². The molecule has 7 nitrogen and oxygen atoms in total. The average molecular weight is 572 g/mol. The van der Waals surface area contributed by atoms with Crippen LogP contribution in [0.25, 0.3) is 0 Å². The van der Waals surface area contributed by atoms with E-state index in [0.29, 0.717) is 6.54 Å². The van der Waals surface area contributed by atoms with Crippen molar-refractivity contribution in [3.05, 3.63) is 29.8 Å². The van der Waals surface area contributed by atoms with E-state index in [9.17, 15) is 4.79 Å². The fourth-order valence-corrected chi connectivity index (χ4v) is 5.16. The summed E-state index contributed by atoms with van der Waals surface area (Å²) in [5.41, 5.74) is 0.846. The largest absolute Gasteiger partial charge is 0.496 e. The molecule has 1 amide bonds. The number of guanidine groups is 1. The molecular formula is C25H42IN5O2. The second-order valence-corrected chi connectivity index (χ2v) is 9.26. The van der Waals surface area contributed by atoms with Crippen molar-refractivity contribution in [2.45, 2.75) is 51.5 Å². The lowest BCUT2D eigenvalue weighted by atomic mass is 9.85. The summed E-state index contributed by atoms with van der Waals surface area (Å²) in [5, 5.41) is 6.96. The third-order valence-corrected chi connectivity index (χ3v) is 6.85. The van der Waals surface area contributed by atoms with Crippen molar-refractivity contribution in [2.24, 2.45) is 10.4 Å². The Morgan fingerprint density at radius 2 is 1.82 bits per heavy atom. The van der Waals surface area contributed by atoms with Crippen LogP contribution in [0.2, 0.25) is 0 Å². The van der Waals surface area contributed by atoms with Crippen molar-refractivity contribution in [3.63, 3.8) is 0 Å². The number of methoxy groups -OCH3 is 1. The van der Waals surface area contributed by atoms with Crippen LogP contribution in [-0.2, 0) is 4.79 Å². The lowest BCUT2D eigenvalue weighted by molar-refractivity contribution is -0.138. The Bertz CT molecular complexity index is 774. The Hall–Kier alpha value is -1.55. The van der Waals surface area contributed by atoms with Gasteiger partial charge >= 0.3 is 0 Å². The predicted octanol–water partition coefficient (Wildman–Crippen LogP) is 3.65. The molecule has 2 fully saturated rings. The van der Waals surface area contributed by atoms with Gasteiger partial charge in [-0.25, -0.2) is 0 Å². The van der Waals surface area contributed by atoms with Crippen molar-refractivity contribution in [1.82, 2.24) is 20.4 Å². The van der Waals surface area contributed by atoms with Crippen LogP contribution in [-0.4, -0.2) is 75.6 Å². The van der Waals surface area contributed by atoms with Gasteiger partial charge < -0.3 is 20.3 Å². The van der Waals surface area contributed by atoms with E-state index < -0.39 is 0 Å². The Balaban J connectivity index is 0.00000385. The number of nitrogens with one attached hydrogen (secondary N) is 2. The van der Waals surface area contributed by atoms with E-state index in [1.165, 1.54) is 18.4 Å². The second-order valence-electron chi connectivity index (χ2n) is 9.26. The highest BCUT2D eigenvalue weighted by Crippen LogP contribution is 2.39. The molecule has 0 bridgehead atoms. The summed E-state index contributed by atoms with van der Waals surface area (Å²) < 4.78 is 5.67. The zero-order valence-electron chi connectivity index (χ0n) is 20.7. The van der Waals surface area contributed by atoms with E-state index in [-0.39, 0.29) is 41.3 Å². The number of para-hydroxylation sites is 1. The fourth-order valence-electron chi connectivity index (χ4n) is 5.16. The Morgan fingerprint density at radius 1 is 1.15 bits per heavy atom. The van der Waals surface area contributed by atoms with Crippen LogP contribution < -0.4 is 15.4 Å². The molecule has 0 aromatic heterocycles. The number of amides is 1. The maximum Gasteiger partial charge on any atom is 0.230 e. The molecule has 2 aliphatic rings. The number of nitrogens with zero attached hydrogens (tertiary/aromatic N) is 3. The number of carbonyl (C=O) groups is 1. The minimum absolute atomic E-state index is 0. The third kappa shape index (κ3) is 6.97. The summed E-state index contributed by atoms with van der Waals surface area (Å²) in [6, 6.07) is 8.51. The van der Waals surface area contributed by atoms with Crippen LogP contribution in [0, 0.1) is 5.41 Å². The molecule has 1 aliphatic heterocycles. The maximum atomic E-state index is 12.9. The minimum atomic E-state index is -0.358. The number of ether oxygens (including phenoxy) is 1. The summed E-state index contributed by atoms with van der Waals surface area (Å²) in [6.07, 6.45) is 6.51. The fraction of sp³-hybridized carbons (Fsp3) is 0.680. The molecule has 0 radical (unpaired) electrons.